The highest BCUT2D eigenvalue weighted by atomic mass is 32.2. The summed E-state index contributed by atoms with van der Waals surface area (Å²) in [6.45, 7) is 4.22. The van der Waals surface area contributed by atoms with Crippen LogP contribution in [0.5, 0.6) is 0 Å². The van der Waals surface area contributed by atoms with E-state index in [1.54, 1.807) is 19.3 Å². The summed E-state index contributed by atoms with van der Waals surface area (Å²) in [6, 6.07) is 5.72. The quantitative estimate of drug-likeness (QED) is 0.639. The highest BCUT2D eigenvalue weighted by Gasteiger charge is 2.13. The van der Waals surface area contributed by atoms with Crippen LogP contribution in [-0.4, -0.2) is 21.9 Å². The van der Waals surface area contributed by atoms with Crippen molar-refractivity contribution in [3.8, 4) is 6.07 Å². The third-order valence-corrected chi connectivity index (χ3v) is 3.82. The molecule has 7 nitrogen and oxygen atoms in total. The van der Waals surface area contributed by atoms with E-state index in [4.69, 9.17) is 9.78 Å². The molecular formula is C15H18N5O2S+. The minimum atomic E-state index is -0.244. The number of nitrogens with one attached hydrogen (secondary N) is 1. The molecule has 0 fully saturated rings. The summed E-state index contributed by atoms with van der Waals surface area (Å²) in [5.41, 5.74) is 1.39. The molecule has 0 saturated carbocycles. The number of hydrogen-bond donors (Lipinski definition) is 1. The number of carbonyl (C=O) groups excluding carboxylic acids is 1. The molecule has 23 heavy (non-hydrogen) atoms. The predicted octanol–water partition coefficient (Wildman–Crippen LogP) is 1.70. The van der Waals surface area contributed by atoms with Crippen LogP contribution in [0.4, 0.5) is 5.88 Å². The zero-order valence-electron chi connectivity index (χ0n) is 13.2. The molecule has 0 bridgehead atoms. The van der Waals surface area contributed by atoms with E-state index in [1.165, 1.54) is 16.4 Å². The van der Waals surface area contributed by atoms with Gasteiger partial charge in [0.15, 0.2) is 12.3 Å². The van der Waals surface area contributed by atoms with E-state index in [9.17, 15) is 4.79 Å². The molecule has 0 aliphatic carbocycles. The molecule has 1 amide bonds. The van der Waals surface area contributed by atoms with Crippen LogP contribution < -0.4 is 10.00 Å². The van der Waals surface area contributed by atoms with Crippen LogP contribution >= 0.6 is 11.8 Å². The third-order valence-electron chi connectivity index (χ3n) is 2.83. The second kappa shape index (κ2) is 7.74. The van der Waals surface area contributed by atoms with Gasteiger partial charge in [-0.1, -0.05) is 30.3 Å². The Bertz CT molecular complexity index is 736. The van der Waals surface area contributed by atoms with Gasteiger partial charge >= 0.3 is 5.88 Å². The normalized spacial score (nSPS) is 10.6. The second-order valence-electron chi connectivity index (χ2n) is 5.44. The van der Waals surface area contributed by atoms with Crippen LogP contribution in [0.15, 0.2) is 27.9 Å². The molecule has 0 saturated heterocycles. The van der Waals surface area contributed by atoms with E-state index in [2.05, 4.69) is 35.5 Å². The van der Waals surface area contributed by atoms with Crippen LogP contribution in [0.25, 0.3) is 0 Å². The Morgan fingerprint density at radius 1 is 1.52 bits per heavy atom. The second-order valence-corrected chi connectivity index (χ2v) is 6.41. The molecular weight excluding hydrogens is 314 g/mol. The molecule has 0 atom stereocenters. The number of anilines is 1. The van der Waals surface area contributed by atoms with E-state index in [-0.39, 0.29) is 17.5 Å². The predicted molar refractivity (Wildman–Crippen MR) is 84.5 cm³/mol. The van der Waals surface area contributed by atoms with Gasteiger partial charge in [0.1, 0.15) is 11.1 Å². The lowest BCUT2D eigenvalue weighted by Crippen LogP contribution is -2.28. The number of nitrogens with zero attached hydrogens (tertiary/aromatic N) is 4. The van der Waals surface area contributed by atoms with Gasteiger partial charge < -0.3 is 0 Å². The first-order valence-electron chi connectivity index (χ1n) is 7.13. The van der Waals surface area contributed by atoms with E-state index < -0.39 is 0 Å². The Morgan fingerprint density at radius 3 is 2.91 bits per heavy atom. The summed E-state index contributed by atoms with van der Waals surface area (Å²) in [4.78, 5) is 16.4. The highest BCUT2D eigenvalue weighted by Crippen LogP contribution is 2.21. The first kappa shape index (κ1) is 17.0. The Labute approximate surface area is 138 Å². The minimum absolute atomic E-state index is 0.136. The van der Waals surface area contributed by atoms with E-state index in [0.29, 0.717) is 16.5 Å². The van der Waals surface area contributed by atoms with Crippen molar-refractivity contribution in [3.05, 3.63) is 29.6 Å². The van der Waals surface area contributed by atoms with Crippen molar-refractivity contribution in [1.29, 1.82) is 5.26 Å². The fourth-order valence-corrected chi connectivity index (χ4v) is 2.68. The first-order valence-corrected chi connectivity index (χ1v) is 8.11. The Balaban J connectivity index is 2.00. The molecule has 0 radical (unpaired) electrons. The molecule has 2 aromatic heterocycles. The number of thioether (sulfide) groups is 1. The topological polar surface area (TPSA) is 95.7 Å². The molecule has 0 unspecified atom stereocenters. The highest BCUT2D eigenvalue weighted by molar-refractivity contribution is 8.00. The number of carbonyl (C=O) groups is 1. The van der Waals surface area contributed by atoms with Crippen LogP contribution in [-0.2, 0) is 18.3 Å². The summed E-state index contributed by atoms with van der Waals surface area (Å²) in [5.74, 6) is 0.646. The minimum Gasteiger partial charge on any atom is -0.288 e. The standard InChI is InChI=1S/C15H17N5O2S/c1-10(2)6-12-5-4-11(7-16)15(17-12)23-9-13(21)18-14-8-20(3)19-22-14/h4-5,8,10H,6,9H2,1-3H3/p+1. The molecule has 0 aliphatic heterocycles. The maximum Gasteiger partial charge on any atom is 0.302 e. The molecule has 120 valence electrons. The van der Waals surface area contributed by atoms with Gasteiger partial charge in [0, 0.05) is 5.69 Å². The van der Waals surface area contributed by atoms with Gasteiger partial charge in [-0.05, 0) is 24.5 Å². The fraction of sp³-hybridized carbons (Fsp3) is 0.400. The smallest absolute Gasteiger partial charge is 0.288 e. The largest absolute Gasteiger partial charge is 0.302 e. The molecule has 0 spiro atoms. The van der Waals surface area contributed by atoms with Gasteiger partial charge in [-0.2, -0.15) is 5.26 Å². The number of rotatable bonds is 6. The molecule has 1 N–H and O–H groups in total. The maximum atomic E-state index is 11.9. The Morgan fingerprint density at radius 2 is 2.30 bits per heavy atom. The van der Waals surface area contributed by atoms with Gasteiger partial charge in [-0.25, -0.2) is 4.98 Å². The van der Waals surface area contributed by atoms with Gasteiger partial charge in [0.2, 0.25) is 5.91 Å². The van der Waals surface area contributed by atoms with Gasteiger partial charge in [0.05, 0.1) is 11.3 Å². The maximum absolute atomic E-state index is 11.9. The average molecular weight is 332 g/mol. The number of aryl methyl sites for hydroxylation is 1. The Hall–Kier alpha value is -2.40. The van der Waals surface area contributed by atoms with Crippen molar-refractivity contribution < 1.29 is 14.0 Å². The van der Waals surface area contributed by atoms with Crippen molar-refractivity contribution in [1.82, 2.24) is 10.3 Å². The number of hydrogen-bond acceptors (Lipinski definition) is 6. The molecule has 2 heterocycles. The lowest BCUT2D eigenvalue weighted by molar-refractivity contribution is -0.739. The van der Waals surface area contributed by atoms with Gasteiger partial charge in [-0.15, -0.1) is 0 Å². The molecule has 2 rings (SSSR count). The zero-order valence-corrected chi connectivity index (χ0v) is 14.1. The monoisotopic (exact) mass is 332 g/mol. The van der Waals surface area contributed by atoms with E-state index in [1.807, 2.05) is 6.07 Å². The molecule has 2 aromatic rings. The molecule has 0 aliphatic rings. The summed E-state index contributed by atoms with van der Waals surface area (Å²) in [6.07, 6.45) is 2.39. The van der Waals surface area contributed by atoms with Crippen molar-refractivity contribution in [2.24, 2.45) is 13.0 Å². The van der Waals surface area contributed by atoms with E-state index in [0.717, 1.165) is 12.1 Å². The third kappa shape index (κ3) is 5.07. The van der Waals surface area contributed by atoms with Crippen LogP contribution in [0.3, 0.4) is 0 Å². The zero-order chi connectivity index (χ0) is 16.8. The molecule has 0 aromatic carbocycles. The summed E-state index contributed by atoms with van der Waals surface area (Å²) >= 11 is 1.23. The van der Waals surface area contributed by atoms with Crippen LogP contribution in [0.1, 0.15) is 25.1 Å². The average Bonchev–Trinajstić information content (AvgIpc) is 2.90. The lowest BCUT2D eigenvalue weighted by atomic mass is 10.1. The van der Waals surface area contributed by atoms with Crippen molar-refractivity contribution in [3.63, 3.8) is 0 Å². The first-order chi connectivity index (χ1) is 11.0. The summed E-state index contributed by atoms with van der Waals surface area (Å²) in [5, 5.41) is 16.0. The van der Waals surface area contributed by atoms with Crippen LogP contribution in [0, 0.1) is 17.2 Å². The van der Waals surface area contributed by atoms with Gasteiger partial charge in [0.25, 0.3) is 6.20 Å². The lowest BCUT2D eigenvalue weighted by Gasteiger charge is -2.08. The number of nitriles is 1. The van der Waals surface area contributed by atoms with Crippen LogP contribution in [0.2, 0.25) is 0 Å². The Kier molecular flexibility index (Phi) is 5.71. The molecule has 8 heteroatoms. The SMILES string of the molecule is CC(C)Cc1ccc(C#N)c(SCC(=O)Nc2c[n+](C)no2)n1. The summed E-state index contributed by atoms with van der Waals surface area (Å²) in [7, 11) is 1.69. The number of amides is 1. The van der Waals surface area contributed by atoms with Gasteiger partial charge in [-0.3, -0.25) is 14.6 Å². The number of aromatic nitrogens is 3. The van der Waals surface area contributed by atoms with Crippen molar-refractivity contribution >= 4 is 23.6 Å². The summed E-state index contributed by atoms with van der Waals surface area (Å²) < 4.78 is 6.35. The van der Waals surface area contributed by atoms with Crippen molar-refractivity contribution in [2.75, 3.05) is 11.1 Å². The van der Waals surface area contributed by atoms with E-state index >= 15 is 0 Å². The fourth-order valence-electron chi connectivity index (χ4n) is 1.89. The number of pyridine rings is 1. The van der Waals surface area contributed by atoms with Crippen molar-refractivity contribution in [2.45, 2.75) is 25.3 Å².